The smallest absolute Gasteiger partial charge is 0.336 e. The van der Waals surface area contributed by atoms with Crippen molar-refractivity contribution in [2.75, 3.05) is 12.4 Å². The number of H-pyrrole nitrogens is 1. The van der Waals surface area contributed by atoms with Gasteiger partial charge in [-0.2, -0.15) is 4.98 Å². The second-order valence-electron chi connectivity index (χ2n) is 3.91. The van der Waals surface area contributed by atoms with E-state index in [0.717, 1.165) is 11.1 Å². The number of rotatable bonds is 4. The van der Waals surface area contributed by atoms with Gasteiger partial charge >= 0.3 is 6.01 Å². The molecule has 6 heteroatoms. The molecule has 0 saturated heterocycles. The third-order valence-corrected chi connectivity index (χ3v) is 2.36. The van der Waals surface area contributed by atoms with Crippen molar-refractivity contribution in [2.45, 2.75) is 6.92 Å². The molecule has 98 valence electrons. The van der Waals surface area contributed by atoms with Crippen LogP contribution in [0.4, 0.5) is 5.95 Å². The molecule has 0 spiro atoms. The fourth-order valence-electron chi connectivity index (χ4n) is 1.50. The molecule has 6 nitrogen and oxygen atoms in total. The zero-order valence-corrected chi connectivity index (χ0v) is 10.7. The summed E-state index contributed by atoms with van der Waals surface area (Å²) in [5, 5.41) is 8.81. The second-order valence-corrected chi connectivity index (χ2v) is 3.91. The third kappa shape index (κ3) is 3.67. The maximum atomic E-state index is 11.6. The van der Waals surface area contributed by atoms with Crippen molar-refractivity contribution >= 4 is 17.9 Å². The molecule has 2 aromatic rings. The van der Waals surface area contributed by atoms with Gasteiger partial charge in [0.2, 0.25) is 5.95 Å². The van der Waals surface area contributed by atoms with Crippen molar-refractivity contribution in [1.82, 2.24) is 15.2 Å². The molecule has 1 aromatic carbocycles. The zero-order valence-electron chi connectivity index (χ0n) is 10.7. The molecule has 0 atom stereocenters. The number of carbonyl (C=O) groups is 1. The standard InChI is InChI=1S/C13H14N4O2/c1-9-4-3-5-10(8-9)6-7-11(18)14-12-15-13(19-2)17-16-12/h3-8H,1-2H3,(H2,14,15,16,17,18)/b7-6+. The lowest BCUT2D eigenvalue weighted by Crippen LogP contribution is -2.09. The topological polar surface area (TPSA) is 79.9 Å². The number of amides is 1. The van der Waals surface area contributed by atoms with Crippen LogP contribution in [0, 0.1) is 6.92 Å². The summed E-state index contributed by atoms with van der Waals surface area (Å²) in [4.78, 5) is 15.5. The summed E-state index contributed by atoms with van der Waals surface area (Å²) >= 11 is 0. The van der Waals surface area contributed by atoms with Gasteiger partial charge in [0.1, 0.15) is 0 Å². The lowest BCUT2D eigenvalue weighted by atomic mass is 10.1. The number of aryl methyl sites for hydroxylation is 1. The molecule has 1 aromatic heterocycles. The Labute approximate surface area is 110 Å². The summed E-state index contributed by atoms with van der Waals surface area (Å²) in [6.45, 7) is 2.00. The fraction of sp³-hybridized carbons (Fsp3) is 0.154. The van der Waals surface area contributed by atoms with Crippen LogP contribution in [0.2, 0.25) is 0 Å². The molecule has 0 aliphatic carbocycles. The largest absolute Gasteiger partial charge is 0.466 e. The number of benzene rings is 1. The van der Waals surface area contributed by atoms with E-state index in [4.69, 9.17) is 4.74 Å². The van der Waals surface area contributed by atoms with Crippen LogP contribution in [0.25, 0.3) is 6.08 Å². The average molecular weight is 258 g/mol. The predicted octanol–water partition coefficient (Wildman–Crippen LogP) is 1.77. The molecule has 0 fully saturated rings. The minimum absolute atomic E-state index is 0.179. The molecule has 1 heterocycles. The Bertz CT molecular complexity index is 604. The van der Waals surface area contributed by atoms with Gasteiger partial charge in [-0.3, -0.25) is 10.1 Å². The number of aromatic amines is 1. The van der Waals surface area contributed by atoms with Crippen molar-refractivity contribution in [3.05, 3.63) is 41.5 Å². The Morgan fingerprint density at radius 2 is 2.32 bits per heavy atom. The SMILES string of the molecule is COc1n[nH]c(NC(=O)/C=C/c2cccc(C)c2)n1. The predicted molar refractivity (Wildman–Crippen MR) is 71.8 cm³/mol. The maximum absolute atomic E-state index is 11.6. The summed E-state index contributed by atoms with van der Waals surface area (Å²) in [5.74, 6) is -0.0453. The van der Waals surface area contributed by atoms with E-state index in [0.29, 0.717) is 0 Å². The lowest BCUT2D eigenvalue weighted by molar-refractivity contribution is -0.111. The average Bonchev–Trinajstić information content (AvgIpc) is 2.84. The molecule has 19 heavy (non-hydrogen) atoms. The van der Waals surface area contributed by atoms with Gasteiger partial charge in [-0.25, -0.2) is 5.10 Å². The van der Waals surface area contributed by atoms with E-state index in [-0.39, 0.29) is 17.9 Å². The minimum atomic E-state index is -0.291. The Morgan fingerprint density at radius 1 is 1.47 bits per heavy atom. The minimum Gasteiger partial charge on any atom is -0.466 e. The van der Waals surface area contributed by atoms with Crippen LogP contribution < -0.4 is 10.1 Å². The highest BCUT2D eigenvalue weighted by Crippen LogP contribution is 2.07. The number of anilines is 1. The van der Waals surface area contributed by atoms with E-state index in [2.05, 4.69) is 20.5 Å². The monoisotopic (exact) mass is 258 g/mol. The van der Waals surface area contributed by atoms with E-state index in [1.165, 1.54) is 13.2 Å². The van der Waals surface area contributed by atoms with Gasteiger partial charge in [0.05, 0.1) is 7.11 Å². The Hall–Kier alpha value is -2.63. The molecule has 0 bridgehead atoms. The Kier molecular flexibility index (Phi) is 3.92. The van der Waals surface area contributed by atoms with Crippen molar-refractivity contribution in [2.24, 2.45) is 0 Å². The van der Waals surface area contributed by atoms with E-state index in [1.54, 1.807) is 6.08 Å². The highest BCUT2D eigenvalue weighted by molar-refractivity contribution is 6.00. The second kappa shape index (κ2) is 5.81. The van der Waals surface area contributed by atoms with Gasteiger partial charge in [0.15, 0.2) is 0 Å². The first-order valence-corrected chi connectivity index (χ1v) is 5.69. The van der Waals surface area contributed by atoms with Crippen molar-refractivity contribution in [1.29, 1.82) is 0 Å². The molecule has 0 aliphatic rings. The van der Waals surface area contributed by atoms with Gasteiger partial charge < -0.3 is 4.74 Å². The number of nitrogens with one attached hydrogen (secondary N) is 2. The fourth-order valence-corrected chi connectivity index (χ4v) is 1.50. The maximum Gasteiger partial charge on any atom is 0.336 e. The molecule has 0 saturated carbocycles. The van der Waals surface area contributed by atoms with Crippen molar-refractivity contribution in [3.8, 4) is 6.01 Å². The molecule has 2 rings (SSSR count). The van der Waals surface area contributed by atoms with E-state index >= 15 is 0 Å². The van der Waals surface area contributed by atoms with Crippen molar-refractivity contribution < 1.29 is 9.53 Å². The first-order chi connectivity index (χ1) is 9.17. The lowest BCUT2D eigenvalue weighted by Gasteiger charge is -1.97. The normalized spacial score (nSPS) is 10.6. The van der Waals surface area contributed by atoms with Crippen LogP contribution in [-0.2, 0) is 4.79 Å². The van der Waals surface area contributed by atoms with Gasteiger partial charge in [-0.1, -0.05) is 29.8 Å². The molecule has 0 aliphatic heterocycles. The molecule has 0 unspecified atom stereocenters. The molecule has 1 amide bonds. The van der Waals surface area contributed by atoms with E-state index in [1.807, 2.05) is 31.2 Å². The number of aromatic nitrogens is 3. The van der Waals surface area contributed by atoms with Gasteiger partial charge in [0, 0.05) is 6.08 Å². The first kappa shape index (κ1) is 12.8. The first-order valence-electron chi connectivity index (χ1n) is 5.69. The van der Waals surface area contributed by atoms with Crippen molar-refractivity contribution in [3.63, 3.8) is 0 Å². The van der Waals surface area contributed by atoms with Crippen LogP contribution in [0.15, 0.2) is 30.3 Å². The zero-order chi connectivity index (χ0) is 13.7. The van der Waals surface area contributed by atoms with Crippen LogP contribution in [-0.4, -0.2) is 28.2 Å². The summed E-state index contributed by atoms with van der Waals surface area (Å²) in [5.41, 5.74) is 2.10. The number of hydrogen-bond donors (Lipinski definition) is 2. The Balaban J connectivity index is 1.97. The molecular formula is C13H14N4O2. The van der Waals surface area contributed by atoms with Crippen LogP contribution in [0.3, 0.4) is 0 Å². The number of ether oxygens (including phenoxy) is 1. The number of methoxy groups -OCH3 is 1. The van der Waals surface area contributed by atoms with E-state index in [9.17, 15) is 4.79 Å². The quantitative estimate of drug-likeness (QED) is 0.819. The highest BCUT2D eigenvalue weighted by Gasteiger charge is 2.04. The summed E-state index contributed by atoms with van der Waals surface area (Å²) in [6.07, 6.45) is 3.17. The summed E-state index contributed by atoms with van der Waals surface area (Å²) < 4.78 is 4.80. The number of nitrogens with zero attached hydrogens (tertiary/aromatic N) is 2. The third-order valence-electron chi connectivity index (χ3n) is 2.36. The van der Waals surface area contributed by atoms with Gasteiger partial charge in [-0.05, 0) is 18.6 Å². The molecule has 0 radical (unpaired) electrons. The van der Waals surface area contributed by atoms with Gasteiger partial charge in [0.25, 0.3) is 5.91 Å². The number of hydrogen-bond acceptors (Lipinski definition) is 4. The number of carbonyl (C=O) groups excluding carboxylic acids is 1. The molecular weight excluding hydrogens is 244 g/mol. The van der Waals surface area contributed by atoms with Crippen LogP contribution in [0.5, 0.6) is 6.01 Å². The van der Waals surface area contributed by atoms with E-state index < -0.39 is 0 Å². The Morgan fingerprint density at radius 3 is 3.00 bits per heavy atom. The summed E-state index contributed by atoms with van der Waals surface area (Å²) in [6, 6.07) is 8.03. The van der Waals surface area contributed by atoms with Crippen LogP contribution >= 0.6 is 0 Å². The highest BCUT2D eigenvalue weighted by atomic mass is 16.5. The van der Waals surface area contributed by atoms with Crippen LogP contribution in [0.1, 0.15) is 11.1 Å². The van der Waals surface area contributed by atoms with Gasteiger partial charge in [-0.15, -0.1) is 5.10 Å². The molecule has 2 N–H and O–H groups in total. The summed E-state index contributed by atoms with van der Waals surface area (Å²) in [7, 11) is 1.45.